The molecule has 0 spiro atoms. The summed E-state index contributed by atoms with van der Waals surface area (Å²) in [6.07, 6.45) is 0.793. The molecule has 2 aromatic rings. The lowest BCUT2D eigenvalue weighted by Crippen LogP contribution is -2.31. The Bertz CT molecular complexity index is 802. The number of hydrogen-bond donors (Lipinski definition) is 2. The van der Waals surface area contributed by atoms with Gasteiger partial charge in [0.15, 0.2) is 0 Å². The number of rotatable bonds is 4. The molecule has 24 heavy (non-hydrogen) atoms. The van der Waals surface area contributed by atoms with Gasteiger partial charge in [0.2, 0.25) is 0 Å². The second-order valence-corrected chi connectivity index (χ2v) is 5.40. The minimum absolute atomic E-state index is 0.116. The summed E-state index contributed by atoms with van der Waals surface area (Å²) >= 11 is 0. The Kier molecular flexibility index (Phi) is 4.37. The van der Waals surface area contributed by atoms with Gasteiger partial charge in [-0.25, -0.2) is 0 Å². The summed E-state index contributed by atoms with van der Waals surface area (Å²) in [6, 6.07) is 10.3. The summed E-state index contributed by atoms with van der Waals surface area (Å²) in [5.41, 5.74) is 2.54. The Balaban J connectivity index is 1.85. The summed E-state index contributed by atoms with van der Waals surface area (Å²) in [5.74, 6) is 0.594. The predicted octanol–water partition coefficient (Wildman–Crippen LogP) is 2.24. The molecule has 2 N–H and O–H groups in total. The van der Waals surface area contributed by atoms with E-state index in [9.17, 15) is 9.59 Å². The van der Waals surface area contributed by atoms with Gasteiger partial charge in [-0.2, -0.15) is 0 Å². The number of carbonyl (C=O) groups is 2. The predicted molar refractivity (Wildman–Crippen MR) is 90.0 cm³/mol. The van der Waals surface area contributed by atoms with Crippen molar-refractivity contribution in [2.75, 3.05) is 26.1 Å². The molecule has 6 nitrogen and oxygen atoms in total. The third-order valence-electron chi connectivity index (χ3n) is 3.95. The van der Waals surface area contributed by atoms with E-state index in [1.807, 2.05) is 6.07 Å². The van der Waals surface area contributed by atoms with Crippen molar-refractivity contribution in [3.8, 4) is 11.5 Å². The van der Waals surface area contributed by atoms with Crippen LogP contribution in [0.25, 0.3) is 0 Å². The lowest BCUT2D eigenvalue weighted by molar-refractivity contribution is 0.0944. The van der Waals surface area contributed by atoms with Crippen LogP contribution in [0.15, 0.2) is 36.4 Å². The number of hydrogen-bond acceptors (Lipinski definition) is 4. The molecule has 0 saturated heterocycles. The van der Waals surface area contributed by atoms with Gasteiger partial charge in [0.05, 0.1) is 19.8 Å². The van der Waals surface area contributed by atoms with Crippen molar-refractivity contribution in [3.05, 3.63) is 53.1 Å². The van der Waals surface area contributed by atoms with Crippen LogP contribution in [0, 0.1) is 0 Å². The van der Waals surface area contributed by atoms with E-state index in [0.29, 0.717) is 34.9 Å². The number of nitrogens with one attached hydrogen (secondary N) is 2. The Morgan fingerprint density at radius 2 is 1.96 bits per heavy atom. The number of ether oxygens (including phenoxy) is 2. The first kappa shape index (κ1) is 15.9. The first-order valence-corrected chi connectivity index (χ1v) is 7.57. The molecule has 2 aromatic carbocycles. The lowest BCUT2D eigenvalue weighted by atomic mass is 9.99. The average molecular weight is 326 g/mol. The summed E-state index contributed by atoms with van der Waals surface area (Å²) in [5, 5.41) is 5.60. The second kappa shape index (κ2) is 6.62. The average Bonchev–Trinajstić information content (AvgIpc) is 2.61. The van der Waals surface area contributed by atoms with Crippen molar-refractivity contribution in [2.45, 2.75) is 6.42 Å². The second-order valence-electron chi connectivity index (χ2n) is 5.40. The number of methoxy groups -OCH3 is 2. The van der Waals surface area contributed by atoms with Crippen molar-refractivity contribution in [2.24, 2.45) is 0 Å². The monoisotopic (exact) mass is 326 g/mol. The highest BCUT2D eigenvalue weighted by Crippen LogP contribution is 2.26. The molecule has 2 amide bonds. The van der Waals surface area contributed by atoms with Crippen LogP contribution in [0.4, 0.5) is 5.69 Å². The van der Waals surface area contributed by atoms with Crippen LogP contribution in [0.5, 0.6) is 11.5 Å². The van der Waals surface area contributed by atoms with Gasteiger partial charge in [-0.05, 0) is 36.2 Å². The normalized spacial score (nSPS) is 12.8. The van der Waals surface area contributed by atoms with E-state index in [4.69, 9.17) is 9.47 Å². The Morgan fingerprint density at radius 3 is 2.71 bits per heavy atom. The maximum atomic E-state index is 12.5. The van der Waals surface area contributed by atoms with E-state index in [0.717, 1.165) is 12.0 Å². The molecule has 3 rings (SSSR count). The van der Waals surface area contributed by atoms with E-state index < -0.39 is 0 Å². The minimum atomic E-state index is -0.314. The number of benzene rings is 2. The molecular weight excluding hydrogens is 308 g/mol. The number of anilines is 1. The van der Waals surface area contributed by atoms with Gasteiger partial charge in [0.25, 0.3) is 11.8 Å². The highest BCUT2D eigenvalue weighted by Gasteiger charge is 2.18. The first-order valence-electron chi connectivity index (χ1n) is 7.57. The van der Waals surface area contributed by atoms with E-state index >= 15 is 0 Å². The quantitative estimate of drug-likeness (QED) is 0.903. The highest BCUT2D eigenvalue weighted by atomic mass is 16.5. The molecule has 0 unspecified atom stereocenters. The van der Waals surface area contributed by atoms with Gasteiger partial charge in [0, 0.05) is 23.9 Å². The Morgan fingerprint density at radius 1 is 1.12 bits per heavy atom. The smallest absolute Gasteiger partial charge is 0.259 e. The van der Waals surface area contributed by atoms with Gasteiger partial charge in [-0.15, -0.1) is 0 Å². The molecule has 124 valence electrons. The number of fused-ring (bicyclic) bond motifs is 1. The van der Waals surface area contributed by atoms with Gasteiger partial charge < -0.3 is 20.1 Å². The lowest BCUT2D eigenvalue weighted by Gasteiger charge is -2.17. The summed E-state index contributed by atoms with van der Waals surface area (Å²) in [6.45, 7) is 0.639. The van der Waals surface area contributed by atoms with E-state index in [-0.39, 0.29) is 11.8 Å². The SMILES string of the molecule is COc1ccc(C(=O)Nc2ccc3c(c2)C(=O)NCC3)c(OC)c1. The van der Waals surface area contributed by atoms with E-state index in [2.05, 4.69) is 10.6 Å². The van der Waals surface area contributed by atoms with Crippen LogP contribution < -0.4 is 20.1 Å². The fourth-order valence-electron chi connectivity index (χ4n) is 2.67. The van der Waals surface area contributed by atoms with Crippen molar-refractivity contribution in [1.82, 2.24) is 5.32 Å². The van der Waals surface area contributed by atoms with Crippen molar-refractivity contribution in [1.29, 1.82) is 0 Å². The zero-order valence-electron chi connectivity index (χ0n) is 13.5. The molecule has 1 aliphatic heterocycles. The van der Waals surface area contributed by atoms with Crippen molar-refractivity contribution < 1.29 is 19.1 Å². The van der Waals surface area contributed by atoms with Crippen LogP contribution in [0.2, 0.25) is 0 Å². The molecule has 0 bridgehead atoms. The Hall–Kier alpha value is -3.02. The van der Waals surface area contributed by atoms with Crippen LogP contribution >= 0.6 is 0 Å². The molecule has 0 atom stereocenters. The number of amides is 2. The maximum Gasteiger partial charge on any atom is 0.259 e. The van der Waals surface area contributed by atoms with Gasteiger partial charge in [-0.1, -0.05) is 6.07 Å². The molecule has 0 saturated carbocycles. The zero-order chi connectivity index (χ0) is 17.1. The highest BCUT2D eigenvalue weighted by molar-refractivity contribution is 6.07. The third-order valence-corrected chi connectivity index (χ3v) is 3.95. The molecule has 0 fully saturated rings. The van der Waals surface area contributed by atoms with Crippen LogP contribution in [-0.4, -0.2) is 32.6 Å². The van der Waals surface area contributed by atoms with E-state index in [1.165, 1.54) is 7.11 Å². The van der Waals surface area contributed by atoms with Gasteiger partial charge in [-0.3, -0.25) is 9.59 Å². The summed E-state index contributed by atoms with van der Waals surface area (Å²) in [4.78, 5) is 24.4. The standard InChI is InChI=1S/C18H18N2O4/c1-23-13-5-6-14(16(10-13)24-2)18(22)20-12-4-3-11-7-8-19-17(21)15(11)9-12/h3-6,9-10H,7-8H2,1-2H3,(H,19,21)(H,20,22). The fraction of sp³-hybridized carbons (Fsp3) is 0.222. The molecular formula is C18H18N2O4. The van der Waals surface area contributed by atoms with Crippen LogP contribution in [0.3, 0.4) is 0 Å². The molecule has 0 aliphatic carbocycles. The minimum Gasteiger partial charge on any atom is -0.497 e. The van der Waals surface area contributed by atoms with Crippen molar-refractivity contribution >= 4 is 17.5 Å². The van der Waals surface area contributed by atoms with Gasteiger partial charge >= 0.3 is 0 Å². The van der Waals surface area contributed by atoms with Crippen LogP contribution in [0.1, 0.15) is 26.3 Å². The molecule has 0 aromatic heterocycles. The molecule has 1 heterocycles. The third kappa shape index (κ3) is 3.03. The fourth-order valence-corrected chi connectivity index (χ4v) is 2.67. The maximum absolute atomic E-state index is 12.5. The number of carbonyl (C=O) groups excluding carboxylic acids is 2. The topological polar surface area (TPSA) is 76.7 Å². The molecule has 1 aliphatic rings. The zero-order valence-corrected chi connectivity index (χ0v) is 13.5. The largest absolute Gasteiger partial charge is 0.497 e. The molecule has 6 heteroatoms. The first-order chi connectivity index (χ1) is 11.6. The Labute approximate surface area is 139 Å². The summed E-state index contributed by atoms with van der Waals surface area (Å²) < 4.78 is 10.4. The van der Waals surface area contributed by atoms with Crippen molar-refractivity contribution in [3.63, 3.8) is 0 Å². The summed E-state index contributed by atoms with van der Waals surface area (Å²) in [7, 11) is 3.04. The van der Waals surface area contributed by atoms with E-state index in [1.54, 1.807) is 37.4 Å². The molecule has 0 radical (unpaired) electrons. The van der Waals surface area contributed by atoms with Crippen LogP contribution in [-0.2, 0) is 6.42 Å². The van der Waals surface area contributed by atoms with Gasteiger partial charge in [0.1, 0.15) is 11.5 Å².